The molecule has 0 aromatic carbocycles. The average molecular weight is 197 g/mol. The normalized spacial score (nSPS) is 30.2. The van der Waals surface area contributed by atoms with Crippen molar-refractivity contribution < 1.29 is 0 Å². The molecule has 3 atom stereocenters. The Labute approximate surface area is 89.7 Å². The molecule has 0 aliphatic heterocycles. The smallest absolute Gasteiger partial charge is 0.00695 e. The first kappa shape index (κ1) is 12.0. The van der Waals surface area contributed by atoms with Gasteiger partial charge in [0, 0.05) is 6.04 Å². The van der Waals surface area contributed by atoms with E-state index in [1.807, 2.05) is 0 Å². The van der Waals surface area contributed by atoms with Crippen molar-refractivity contribution >= 4 is 0 Å². The van der Waals surface area contributed by atoms with Gasteiger partial charge in [0.05, 0.1) is 0 Å². The average Bonchev–Trinajstić information content (AvgIpc) is 2.19. The molecule has 3 unspecified atom stereocenters. The number of hydrogen-bond acceptors (Lipinski definition) is 1. The Balaban J connectivity index is 2.25. The van der Waals surface area contributed by atoms with Gasteiger partial charge < -0.3 is 5.32 Å². The van der Waals surface area contributed by atoms with E-state index in [0.29, 0.717) is 0 Å². The highest BCUT2D eigenvalue weighted by Crippen LogP contribution is 2.30. The summed E-state index contributed by atoms with van der Waals surface area (Å²) in [6.07, 6.45) is 8.56. The third kappa shape index (κ3) is 4.00. The molecule has 1 fully saturated rings. The van der Waals surface area contributed by atoms with Gasteiger partial charge >= 0.3 is 0 Å². The van der Waals surface area contributed by atoms with Gasteiger partial charge in [-0.2, -0.15) is 0 Å². The maximum atomic E-state index is 3.61. The van der Waals surface area contributed by atoms with E-state index in [1.54, 1.807) is 0 Å². The molecule has 0 amide bonds. The molecule has 0 bridgehead atoms. The molecular formula is C13H27N. The summed E-state index contributed by atoms with van der Waals surface area (Å²) in [5.74, 6) is 1.93. The first-order valence-corrected chi connectivity index (χ1v) is 6.49. The van der Waals surface area contributed by atoms with Crippen LogP contribution in [0.5, 0.6) is 0 Å². The minimum atomic E-state index is 0.822. The van der Waals surface area contributed by atoms with Gasteiger partial charge in [-0.1, -0.05) is 40.0 Å². The van der Waals surface area contributed by atoms with Crippen molar-refractivity contribution in [3.63, 3.8) is 0 Å². The monoisotopic (exact) mass is 197 g/mol. The Morgan fingerprint density at radius 2 is 2.07 bits per heavy atom. The Hall–Kier alpha value is -0.0400. The third-order valence-corrected chi connectivity index (χ3v) is 3.71. The number of rotatable bonds is 5. The van der Waals surface area contributed by atoms with E-state index in [9.17, 15) is 0 Å². The fourth-order valence-corrected chi connectivity index (χ4v) is 2.71. The number of hydrogen-bond donors (Lipinski definition) is 1. The first-order chi connectivity index (χ1) is 6.76. The predicted octanol–water partition coefficient (Wildman–Crippen LogP) is 3.59. The van der Waals surface area contributed by atoms with Crippen molar-refractivity contribution in [2.45, 2.75) is 65.3 Å². The van der Waals surface area contributed by atoms with Crippen LogP contribution in [-0.2, 0) is 0 Å². The van der Waals surface area contributed by atoms with Crippen LogP contribution in [0.25, 0.3) is 0 Å². The van der Waals surface area contributed by atoms with E-state index in [1.165, 1.54) is 38.5 Å². The lowest BCUT2D eigenvalue weighted by atomic mass is 9.80. The summed E-state index contributed by atoms with van der Waals surface area (Å²) in [6.45, 7) is 8.07. The number of nitrogens with one attached hydrogen (secondary N) is 1. The van der Waals surface area contributed by atoms with Crippen molar-refractivity contribution in [1.82, 2.24) is 5.32 Å². The zero-order valence-corrected chi connectivity index (χ0v) is 10.2. The van der Waals surface area contributed by atoms with Crippen LogP contribution in [0.3, 0.4) is 0 Å². The van der Waals surface area contributed by atoms with Crippen LogP contribution in [0.2, 0.25) is 0 Å². The van der Waals surface area contributed by atoms with Crippen molar-refractivity contribution in [3.05, 3.63) is 0 Å². The second-order valence-corrected chi connectivity index (χ2v) is 5.04. The zero-order valence-electron chi connectivity index (χ0n) is 10.2. The largest absolute Gasteiger partial charge is 0.314 e. The molecule has 0 aromatic rings. The molecule has 0 saturated heterocycles. The molecule has 1 heteroatoms. The maximum Gasteiger partial charge on any atom is 0.00695 e. The molecular weight excluding hydrogens is 170 g/mol. The van der Waals surface area contributed by atoms with Crippen LogP contribution in [0, 0.1) is 11.8 Å². The van der Waals surface area contributed by atoms with Gasteiger partial charge in [-0.15, -0.1) is 0 Å². The van der Waals surface area contributed by atoms with E-state index in [2.05, 4.69) is 26.1 Å². The first-order valence-electron chi connectivity index (χ1n) is 6.49. The van der Waals surface area contributed by atoms with Crippen LogP contribution < -0.4 is 5.32 Å². The standard InChI is InChI=1S/C13H27N/c1-4-11(3)9-12-7-6-8-13(10-12)14-5-2/h11-14H,4-10H2,1-3H3. The molecule has 0 radical (unpaired) electrons. The van der Waals surface area contributed by atoms with Crippen molar-refractivity contribution in [3.8, 4) is 0 Å². The Bertz CT molecular complexity index is 142. The van der Waals surface area contributed by atoms with E-state index in [0.717, 1.165) is 24.4 Å². The van der Waals surface area contributed by atoms with E-state index in [-0.39, 0.29) is 0 Å². The highest BCUT2D eigenvalue weighted by molar-refractivity contribution is 4.78. The Kier molecular flexibility index (Phi) is 5.54. The van der Waals surface area contributed by atoms with Gasteiger partial charge in [-0.3, -0.25) is 0 Å². The molecule has 1 nitrogen and oxygen atoms in total. The molecule has 1 N–H and O–H groups in total. The molecule has 1 aliphatic rings. The van der Waals surface area contributed by atoms with Gasteiger partial charge in [0.1, 0.15) is 0 Å². The topological polar surface area (TPSA) is 12.0 Å². The lowest BCUT2D eigenvalue weighted by Gasteiger charge is -2.31. The summed E-state index contributed by atoms with van der Waals surface area (Å²) < 4.78 is 0. The van der Waals surface area contributed by atoms with Crippen molar-refractivity contribution in [2.75, 3.05) is 6.54 Å². The van der Waals surface area contributed by atoms with E-state index >= 15 is 0 Å². The Morgan fingerprint density at radius 3 is 2.71 bits per heavy atom. The molecule has 84 valence electrons. The zero-order chi connectivity index (χ0) is 10.4. The second kappa shape index (κ2) is 6.44. The van der Waals surface area contributed by atoms with Crippen LogP contribution in [0.15, 0.2) is 0 Å². The lowest BCUT2D eigenvalue weighted by molar-refractivity contribution is 0.248. The second-order valence-electron chi connectivity index (χ2n) is 5.04. The minimum Gasteiger partial charge on any atom is -0.314 e. The SMILES string of the molecule is CCNC1CCCC(CC(C)CC)C1. The van der Waals surface area contributed by atoms with Crippen LogP contribution >= 0.6 is 0 Å². The van der Waals surface area contributed by atoms with Crippen LogP contribution in [-0.4, -0.2) is 12.6 Å². The summed E-state index contributed by atoms with van der Waals surface area (Å²) in [6, 6.07) is 0.822. The Morgan fingerprint density at radius 1 is 1.29 bits per heavy atom. The van der Waals surface area contributed by atoms with E-state index < -0.39 is 0 Å². The highest BCUT2D eigenvalue weighted by Gasteiger charge is 2.22. The van der Waals surface area contributed by atoms with Gasteiger partial charge in [-0.05, 0) is 37.6 Å². The summed E-state index contributed by atoms with van der Waals surface area (Å²) in [7, 11) is 0. The fraction of sp³-hybridized carbons (Fsp3) is 1.00. The van der Waals surface area contributed by atoms with Gasteiger partial charge in [0.25, 0.3) is 0 Å². The predicted molar refractivity (Wildman–Crippen MR) is 63.5 cm³/mol. The fourth-order valence-electron chi connectivity index (χ4n) is 2.71. The molecule has 0 heterocycles. The summed E-state index contributed by atoms with van der Waals surface area (Å²) in [5.41, 5.74) is 0. The van der Waals surface area contributed by atoms with Crippen LogP contribution in [0.1, 0.15) is 59.3 Å². The van der Waals surface area contributed by atoms with Crippen molar-refractivity contribution in [1.29, 1.82) is 0 Å². The van der Waals surface area contributed by atoms with Gasteiger partial charge in [-0.25, -0.2) is 0 Å². The molecule has 0 spiro atoms. The summed E-state index contributed by atoms with van der Waals surface area (Å²) >= 11 is 0. The lowest BCUT2D eigenvalue weighted by Crippen LogP contribution is -2.34. The summed E-state index contributed by atoms with van der Waals surface area (Å²) in [5, 5.41) is 3.61. The highest BCUT2D eigenvalue weighted by atomic mass is 14.9. The molecule has 14 heavy (non-hydrogen) atoms. The summed E-state index contributed by atoms with van der Waals surface area (Å²) in [4.78, 5) is 0. The van der Waals surface area contributed by atoms with Crippen molar-refractivity contribution in [2.24, 2.45) is 11.8 Å². The van der Waals surface area contributed by atoms with Crippen LogP contribution in [0.4, 0.5) is 0 Å². The van der Waals surface area contributed by atoms with Gasteiger partial charge in [0.15, 0.2) is 0 Å². The molecule has 1 saturated carbocycles. The van der Waals surface area contributed by atoms with Gasteiger partial charge in [0.2, 0.25) is 0 Å². The third-order valence-electron chi connectivity index (χ3n) is 3.71. The molecule has 0 aromatic heterocycles. The van der Waals surface area contributed by atoms with E-state index in [4.69, 9.17) is 0 Å². The minimum absolute atomic E-state index is 0.822. The maximum absolute atomic E-state index is 3.61. The quantitative estimate of drug-likeness (QED) is 0.710. The molecule has 1 aliphatic carbocycles. The molecule has 1 rings (SSSR count).